The molecule has 0 spiro atoms. The minimum Gasteiger partial charge on any atom is -0.457 e. The number of hydrogen-bond donors (Lipinski definition) is 0. The first-order valence-electron chi connectivity index (χ1n) is 12.7. The van der Waals surface area contributed by atoms with Crippen LogP contribution in [0.25, 0.3) is 0 Å². The maximum absolute atomic E-state index is 13.6. The number of carbonyl (C=O) groups is 4. The van der Waals surface area contributed by atoms with E-state index in [9.17, 15) is 19.2 Å². The molecule has 0 unspecified atom stereocenters. The summed E-state index contributed by atoms with van der Waals surface area (Å²) in [5.41, 5.74) is -0.281. The minimum atomic E-state index is -1.26. The largest absolute Gasteiger partial charge is 0.457 e. The Hall–Kier alpha value is -1.98. The molecule has 0 aromatic heterocycles. The Balaban J connectivity index is 1.68. The average Bonchev–Trinajstić information content (AvgIpc) is 3.10. The van der Waals surface area contributed by atoms with E-state index in [0.717, 1.165) is 25.7 Å². The van der Waals surface area contributed by atoms with Crippen LogP contribution in [0, 0.1) is 28.6 Å². The second-order valence-electron chi connectivity index (χ2n) is 11.1. The fraction of sp³-hybridized carbons (Fsp3) is 0.778. The van der Waals surface area contributed by atoms with Gasteiger partial charge in [-0.3, -0.25) is 19.2 Å². The van der Waals surface area contributed by atoms with Gasteiger partial charge in [-0.15, -0.1) is 0 Å². The van der Waals surface area contributed by atoms with Crippen molar-refractivity contribution in [1.29, 1.82) is 0 Å². The van der Waals surface area contributed by atoms with Crippen LogP contribution in [0.4, 0.5) is 0 Å². The molecule has 0 saturated heterocycles. The zero-order valence-corrected chi connectivity index (χ0v) is 20.5. The van der Waals surface area contributed by atoms with Crippen LogP contribution in [0.3, 0.4) is 0 Å². The fourth-order valence-corrected chi connectivity index (χ4v) is 7.63. The second-order valence-corrected chi connectivity index (χ2v) is 11.1. The fourth-order valence-electron chi connectivity index (χ4n) is 7.63. The van der Waals surface area contributed by atoms with Gasteiger partial charge in [0, 0.05) is 31.1 Å². The zero-order valence-electron chi connectivity index (χ0n) is 20.5. The van der Waals surface area contributed by atoms with E-state index < -0.39 is 17.0 Å². The summed E-state index contributed by atoms with van der Waals surface area (Å²) in [6.45, 7) is 7.50. The van der Waals surface area contributed by atoms with Crippen molar-refractivity contribution in [3.8, 4) is 0 Å². The molecule has 33 heavy (non-hydrogen) atoms. The Morgan fingerprint density at radius 1 is 1.03 bits per heavy atom. The molecule has 6 nitrogen and oxygen atoms in total. The predicted molar refractivity (Wildman–Crippen MR) is 122 cm³/mol. The topological polar surface area (TPSA) is 86.7 Å². The number of fused-ring (bicyclic) bond motifs is 5. The number of carbonyl (C=O) groups excluding carboxylic acids is 4. The molecule has 0 N–H and O–H groups in total. The molecule has 182 valence electrons. The lowest BCUT2D eigenvalue weighted by Gasteiger charge is -2.56. The highest BCUT2D eigenvalue weighted by Crippen LogP contribution is 2.67. The van der Waals surface area contributed by atoms with Gasteiger partial charge in [0.1, 0.15) is 5.78 Å². The van der Waals surface area contributed by atoms with Crippen molar-refractivity contribution in [2.75, 3.05) is 6.61 Å². The number of esters is 2. The van der Waals surface area contributed by atoms with Gasteiger partial charge in [-0.2, -0.15) is 0 Å². The van der Waals surface area contributed by atoms with Crippen LogP contribution in [0.1, 0.15) is 91.9 Å². The third-order valence-electron chi connectivity index (χ3n) is 9.64. The number of hydrogen-bond acceptors (Lipinski definition) is 6. The monoisotopic (exact) mass is 458 g/mol. The van der Waals surface area contributed by atoms with Crippen molar-refractivity contribution in [3.63, 3.8) is 0 Å². The number of allylic oxidation sites excluding steroid dienone is 2. The van der Waals surface area contributed by atoms with Crippen LogP contribution in [0.5, 0.6) is 0 Å². The smallest absolute Gasteiger partial charge is 0.306 e. The molecular weight excluding hydrogens is 420 g/mol. The summed E-state index contributed by atoms with van der Waals surface area (Å²) in [5.74, 6) is 0.249. The van der Waals surface area contributed by atoms with E-state index in [4.69, 9.17) is 9.47 Å². The third kappa shape index (κ3) is 3.68. The van der Waals surface area contributed by atoms with E-state index in [2.05, 4.69) is 19.9 Å². The number of ketones is 2. The van der Waals surface area contributed by atoms with Crippen LogP contribution >= 0.6 is 0 Å². The van der Waals surface area contributed by atoms with Gasteiger partial charge in [0.25, 0.3) is 0 Å². The molecular formula is C27H38O6. The molecule has 6 atom stereocenters. The van der Waals surface area contributed by atoms with Crippen molar-refractivity contribution in [2.45, 2.75) is 97.5 Å². The third-order valence-corrected chi connectivity index (χ3v) is 9.64. The number of ether oxygens (including phenoxy) is 2. The van der Waals surface area contributed by atoms with Gasteiger partial charge in [0.05, 0.1) is 0 Å². The summed E-state index contributed by atoms with van der Waals surface area (Å²) >= 11 is 0. The Morgan fingerprint density at radius 2 is 1.76 bits per heavy atom. The van der Waals surface area contributed by atoms with Crippen molar-refractivity contribution >= 4 is 23.5 Å². The SMILES string of the molecule is CCC(=O)OCC(=O)[C@]1(OC(=O)CC)CC[C@H]2[C@@H]3CC[C@@H]4CC(=O)CC[C@]4(C)C3=CC[C@@]21C. The Labute approximate surface area is 196 Å². The normalized spacial score (nSPS) is 39.6. The molecule has 0 amide bonds. The van der Waals surface area contributed by atoms with Crippen LogP contribution in [0.15, 0.2) is 11.6 Å². The Bertz CT molecular complexity index is 889. The highest BCUT2D eigenvalue weighted by atomic mass is 16.6. The lowest BCUT2D eigenvalue weighted by Crippen LogP contribution is -2.58. The molecule has 3 saturated carbocycles. The molecule has 4 aliphatic carbocycles. The van der Waals surface area contributed by atoms with Gasteiger partial charge < -0.3 is 9.47 Å². The number of rotatable bonds is 6. The van der Waals surface area contributed by atoms with E-state index in [1.807, 2.05) is 0 Å². The summed E-state index contributed by atoms with van der Waals surface area (Å²) in [4.78, 5) is 50.0. The zero-order chi connectivity index (χ0) is 24.0. The van der Waals surface area contributed by atoms with Gasteiger partial charge in [-0.25, -0.2) is 0 Å². The molecule has 0 radical (unpaired) electrons. The van der Waals surface area contributed by atoms with Crippen LogP contribution < -0.4 is 0 Å². The van der Waals surface area contributed by atoms with Crippen LogP contribution in [-0.4, -0.2) is 35.7 Å². The Morgan fingerprint density at radius 3 is 2.45 bits per heavy atom. The van der Waals surface area contributed by atoms with E-state index in [0.29, 0.717) is 43.3 Å². The first-order chi connectivity index (χ1) is 15.6. The minimum absolute atomic E-state index is 0.0458. The molecule has 0 heterocycles. The predicted octanol–water partition coefficient (Wildman–Crippen LogP) is 4.73. The highest BCUT2D eigenvalue weighted by molar-refractivity contribution is 5.93. The summed E-state index contributed by atoms with van der Waals surface area (Å²) in [5, 5.41) is 0. The molecule has 6 heteroatoms. The Kier molecular flexibility index (Phi) is 6.34. The quantitative estimate of drug-likeness (QED) is 0.422. The molecule has 3 fully saturated rings. The molecule has 4 rings (SSSR count). The maximum Gasteiger partial charge on any atom is 0.306 e. The van der Waals surface area contributed by atoms with Crippen molar-refractivity contribution < 1.29 is 28.7 Å². The summed E-state index contributed by atoms with van der Waals surface area (Å²) in [6, 6.07) is 0. The van der Waals surface area contributed by atoms with Gasteiger partial charge in [-0.1, -0.05) is 39.3 Å². The highest BCUT2D eigenvalue weighted by Gasteiger charge is 2.67. The average molecular weight is 459 g/mol. The first-order valence-corrected chi connectivity index (χ1v) is 12.7. The van der Waals surface area contributed by atoms with E-state index in [1.165, 1.54) is 5.57 Å². The molecule has 0 bridgehead atoms. The summed E-state index contributed by atoms with van der Waals surface area (Å²) in [6.07, 6.45) is 8.93. The lowest BCUT2D eigenvalue weighted by atomic mass is 9.48. The second kappa shape index (κ2) is 8.66. The molecule has 0 aromatic carbocycles. The van der Waals surface area contributed by atoms with Crippen LogP contribution in [0.2, 0.25) is 0 Å². The summed E-state index contributed by atoms with van der Waals surface area (Å²) in [7, 11) is 0. The molecule has 4 aliphatic rings. The van der Waals surface area contributed by atoms with Gasteiger partial charge in [0.2, 0.25) is 5.78 Å². The van der Waals surface area contributed by atoms with Gasteiger partial charge >= 0.3 is 11.9 Å². The summed E-state index contributed by atoms with van der Waals surface area (Å²) < 4.78 is 11.2. The van der Waals surface area contributed by atoms with E-state index in [-0.39, 0.29) is 42.5 Å². The number of Topliss-reactive ketones (excluding diaryl/α,β-unsaturated/α-hetero) is 2. The van der Waals surface area contributed by atoms with Crippen molar-refractivity contribution in [1.82, 2.24) is 0 Å². The van der Waals surface area contributed by atoms with E-state index >= 15 is 0 Å². The van der Waals surface area contributed by atoms with Crippen LogP contribution in [-0.2, 0) is 28.7 Å². The first kappa shape index (κ1) is 24.2. The van der Waals surface area contributed by atoms with Crippen molar-refractivity contribution in [3.05, 3.63) is 11.6 Å². The van der Waals surface area contributed by atoms with Gasteiger partial charge in [-0.05, 0) is 61.7 Å². The van der Waals surface area contributed by atoms with Gasteiger partial charge in [0.15, 0.2) is 12.2 Å². The maximum atomic E-state index is 13.6. The van der Waals surface area contributed by atoms with Crippen molar-refractivity contribution in [2.24, 2.45) is 28.6 Å². The molecule has 0 aliphatic heterocycles. The lowest BCUT2D eigenvalue weighted by molar-refractivity contribution is -0.186. The van der Waals surface area contributed by atoms with E-state index in [1.54, 1.807) is 13.8 Å². The molecule has 0 aromatic rings. The standard InChI is InChI=1S/C27H38O6/c1-5-23(30)32-16-22(29)27(33-24(31)6-2)14-11-21-19-8-7-17-15-18(28)9-12-25(17,3)20(19)10-13-26(21,27)4/h10,17,19,21H,5-9,11-16H2,1-4H3/t17-,19-,21+,25+,26+,27-/m1/s1.